The highest BCUT2D eigenvalue weighted by atomic mass is 32.2. The largest absolute Gasteiger partial charge is 0.497 e. The maximum Gasteiger partial charge on any atom is 0.243 e. The minimum absolute atomic E-state index is 0.00872. The molecule has 1 aromatic rings. The lowest BCUT2D eigenvalue weighted by Crippen LogP contribution is -2.39. The van der Waals surface area contributed by atoms with Gasteiger partial charge in [0.1, 0.15) is 11.6 Å². The molecule has 0 heterocycles. The Morgan fingerprint density at radius 3 is 2.38 bits per heavy atom. The second-order valence-electron chi connectivity index (χ2n) is 4.73. The van der Waals surface area contributed by atoms with Gasteiger partial charge in [-0.2, -0.15) is 4.31 Å². The van der Waals surface area contributed by atoms with Gasteiger partial charge in [0, 0.05) is 19.0 Å². The Balaban J connectivity index is 3.03. The molecule has 0 aliphatic carbocycles. The van der Waals surface area contributed by atoms with Crippen molar-refractivity contribution in [1.82, 2.24) is 4.31 Å². The van der Waals surface area contributed by atoms with Crippen LogP contribution >= 0.6 is 0 Å². The quantitative estimate of drug-likeness (QED) is 0.341. The zero-order valence-electron chi connectivity index (χ0n) is 12.4. The number of rotatable bonds is 7. The number of oxime groups is 1. The standard InChI is InChI=1S/C13H21N3O4S/c1-10(2)16(9-8-13(14)15-17)21(18,19)12-6-4-11(20-3)5-7-12/h4-7,10,17H,8-9H2,1-3H3,(H2,14,15). The summed E-state index contributed by atoms with van der Waals surface area (Å²) >= 11 is 0. The number of ether oxygens (including phenoxy) is 1. The number of hydrogen-bond donors (Lipinski definition) is 2. The van der Waals surface area contributed by atoms with Crippen LogP contribution < -0.4 is 10.5 Å². The van der Waals surface area contributed by atoms with Gasteiger partial charge >= 0.3 is 0 Å². The number of methoxy groups -OCH3 is 1. The zero-order valence-corrected chi connectivity index (χ0v) is 13.2. The van der Waals surface area contributed by atoms with E-state index in [1.54, 1.807) is 26.0 Å². The third kappa shape index (κ3) is 4.33. The average Bonchev–Trinajstić information content (AvgIpc) is 2.46. The minimum atomic E-state index is -3.64. The number of sulfonamides is 1. The van der Waals surface area contributed by atoms with Gasteiger partial charge in [-0.05, 0) is 38.1 Å². The molecule has 1 aromatic carbocycles. The monoisotopic (exact) mass is 315 g/mol. The van der Waals surface area contributed by atoms with Crippen molar-refractivity contribution in [3.63, 3.8) is 0 Å². The number of nitrogens with two attached hydrogens (primary N) is 1. The SMILES string of the molecule is COc1ccc(S(=O)(=O)N(CCC(N)=NO)C(C)C)cc1. The Morgan fingerprint density at radius 1 is 1.38 bits per heavy atom. The van der Waals surface area contributed by atoms with E-state index in [0.29, 0.717) is 5.75 Å². The molecule has 21 heavy (non-hydrogen) atoms. The topological polar surface area (TPSA) is 105 Å². The number of nitrogens with zero attached hydrogens (tertiary/aromatic N) is 2. The predicted molar refractivity (Wildman–Crippen MR) is 80.0 cm³/mol. The normalized spacial score (nSPS) is 12.9. The molecule has 118 valence electrons. The molecule has 7 nitrogen and oxygen atoms in total. The summed E-state index contributed by atoms with van der Waals surface area (Å²) in [6, 6.07) is 5.92. The van der Waals surface area contributed by atoms with Crippen molar-refractivity contribution in [2.75, 3.05) is 13.7 Å². The van der Waals surface area contributed by atoms with Gasteiger partial charge in [-0.3, -0.25) is 0 Å². The fourth-order valence-electron chi connectivity index (χ4n) is 1.81. The highest BCUT2D eigenvalue weighted by molar-refractivity contribution is 7.89. The lowest BCUT2D eigenvalue weighted by atomic mass is 10.3. The van der Waals surface area contributed by atoms with E-state index in [1.807, 2.05) is 0 Å². The van der Waals surface area contributed by atoms with Gasteiger partial charge in [0.05, 0.1) is 12.0 Å². The summed E-state index contributed by atoms with van der Waals surface area (Å²) < 4.78 is 31.6. The lowest BCUT2D eigenvalue weighted by Gasteiger charge is -2.25. The molecule has 0 spiro atoms. The maximum atomic E-state index is 12.6. The summed E-state index contributed by atoms with van der Waals surface area (Å²) in [6.45, 7) is 3.68. The molecular formula is C13H21N3O4S. The van der Waals surface area contributed by atoms with E-state index >= 15 is 0 Å². The van der Waals surface area contributed by atoms with E-state index in [0.717, 1.165) is 0 Å². The van der Waals surface area contributed by atoms with Gasteiger partial charge in [0.15, 0.2) is 0 Å². The first-order valence-corrected chi connectivity index (χ1v) is 7.89. The molecule has 0 unspecified atom stereocenters. The Labute approximate surface area is 125 Å². The molecule has 0 bridgehead atoms. The predicted octanol–water partition coefficient (Wildman–Crippen LogP) is 1.23. The fraction of sp³-hybridized carbons (Fsp3) is 0.462. The molecule has 1 rings (SSSR count). The summed E-state index contributed by atoms with van der Waals surface area (Å²) in [5.41, 5.74) is 5.40. The molecule has 0 atom stereocenters. The smallest absolute Gasteiger partial charge is 0.243 e. The lowest BCUT2D eigenvalue weighted by molar-refractivity contribution is 0.313. The summed E-state index contributed by atoms with van der Waals surface area (Å²) in [5.74, 6) is 0.576. The van der Waals surface area contributed by atoms with Gasteiger partial charge in [-0.1, -0.05) is 5.16 Å². The molecule has 0 radical (unpaired) electrons. The Morgan fingerprint density at radius 2 is 1.95 bits per heavy atom. The Kier molecular flexibility index (Phi) is 5.98. The van der Waals surface area contributed by atoms with E-state index < -0.39 is 10.0 Å². The first kappa shape index (κ1) is 17.3. The van der Waals surface area contributed by atoms with Crippen LogP contribution in [-0.4, -0.2) is 43.5 Å². The van der Waals surface area contributed by atoms with Crippen LogP contribution in [0.3, 0.4) is 0 Å². The third-order valence-electron chi connectivity index (χ3n) is 2.96. The molecule has 3 N–H and O–H groups in total. The Hall–Kier alpha value is -1.80. The van der Waals surface area contributed by atoms with E-state index in [2.05, 4.69) is 5.16 Å². The van der Waals surface area contributed by atoms with Gasteiger partial charge < -0.3 is 15.7 Å². The van der Waals surface area contributed by atoms with Crippen LogP contribution in [0.25, 0.3) is 0 Å². The van der Waals surface area contributed by atoms with Crippen LogP contribution in [0.5, 0.6) is 5.75 Å². The number of amidine groups is 1. The second-order valence-corrected chi connectivity index (χ2v) is 6.62. The van der Waals surface area contributed by atoms with Crippen molar-refractivity contribution < 1.29 is 18.4 Å². The highest BCUT2D eigenvalue weighted by Gasteiger charge is 2.26. The summed E-state index contributed by atoms with van der Waals surface area (Å²) in [4.78, 5) is 0.177. The van der Waals surface area contributed by atoms with E-state index in [-0.39, 0.29) is 29.7 Å². The van der Waals surface area contributed by atoms with Gasteiger partial charge in [-0.15, -0.1) is 0 Å². The van der Waals surface area contributed by atoms with Crippen molar-refractivity contribution in [3.05, 3.63) is 24.3 Å². The molecule has 0 aliphatic rings. The van der Waals surface area contributed by atoms with Crippen LogP contribution in [0, 0.1) is 0 Å². The second kappa shape index (κ2) is 7.28. The maximum absolute atomic E-state index is 12.6. The molecule has 0 fully saturated rings. The Bertz CT molecular complexity index is 582. The van der Waals surface area contributed by atoms with E-state index in [4.69, 9.17) is 15.7 Å². The van der Waals surface area contributed by atoms with Crippen molar-refractivity contribution in [2.24, 2.45) is 10.9 Å². The molecule has 0 aromatic heterocycles. The first-order valence-electron chi connectivity index (χ1n) is 6.45. The van der Waals surface area contributed by atoms with Gasteiger partial charge in [0.2, 0.25) is 10.0 Å². The van der Waals surface area contributed by atoms with Crippen LogP contribution in [0.15, 0.2) is 34.3 Å². The van der Waals surface area contributed by atoms with Crippen LogP contribution in [0.4, 0.5) is 0 Å². The van der Waals surface area contributed by atoms with Crippen molar-refractivity contribution in [1.29, 1.82) is 0 Å². The van der Waals surface area contributed by atoms with Crippen molar-refractivity contribution >= 4 is 15.9 Å². The summed E-state index contributed by atoms with van der Waals surface area (Å²) in [5, 5.41) is 11.4. The fourth-order valence-corrected chi connectivity index (χ4v) is 3.45. The van der Waals surface area contributed by atoms with Crippen LogP contribution in [0.2, 0.25) is 0 Å². The third-order valence-corrected chi connectivity index (χ3v) is 5.05. The number of hydrogen-bond acceptors (Lipinski definition) is 5. The van der Waals surface area contributed by atoms with E-state index in [1.165, 1.54) is 23.5 Å². The summed E-state index contributed by atoms with van der Waals surface area (Å²) in [7, 11) is -2.13. The van der Waals surface area contributed by atoms with E-state index in [9.17, 15) is 8.42 Å². The summed E-state index contributed by atoms with van der Waals surface area (Å²) in [6.07, 6.45) is 0.157. The average molecular weight is 315 g/mol. The molecule has 0 saturated heterocycles. The van der Waals surface area contributed by atoms with Gasteiger partial charge in [-0.25, -0.2) is 8.42 Å². The zero-order chi connectivity index (χ0) is 16.0. The first-order chi connectivity index (χ1) is 9.82. The minimum Gasteiger partial charge on any atom is -0.497 e. The molecule has 0 amide bonds. The molecule has 0 saturated carbocycles. The molecule has 0 aliphatic heterocycles. The highest BCUT2D eigenvalue weighted by Crippen LogP contribution is 2.21. The van der Waals surface area contributed by atoms with Gasteiger partial charge in [0.25, 0.3) is 0 Å². The molecular weight excluding hydrogens is 294 g/mol. The number of benzene rings is 1. The van der Waals surface area contributed by atoms with Crippen LogP contribution in [0.1, 0.15) is 20.3 Å². The molecule has 8 heteroatoms. The van der Waals surface area contributed by atoms with Crippen molar-refractivity contribution in [2.45, 2.75) is 31.2 Å². The van der Waals surface area contributed by atoms with Crippen molar-refractivity contribution in [3.8, 4) is 5.75 Å². The van der Waals surface area contributed by atoms with Crippen LogP contribution in [-0.2, 0) is 10.0 Å².